The lowest BCUT2D eigenvalue weighted by Gasteiger charge is -2.16. The molecule has 1 atom stereocenters. The minimum Gasteiger partial charge on any atom is -0.396 e. The summed E-state index contributed by atoms with van der Waals surface area (Å²) in [4.78, 5) is 4.15. The normalized spacial score (nSPS) is 11.6. The highest BCUT2D eigenvalue weighted by atomic mass is 16.3. The van der Waals surface area contributed by atoms with Gasteiger partial charge in [0.05, 0.1) is 5.56 Å². The minimum atomic E-state index is 0.0888. The molecule has 2 N–H and O–H groups in total. The number of nitrogens with zero attached hydrogens (tertiary/aromatic N) is 2. The fraction of sp³-hybridized carbons (Fsp3) is 0.250. The first-order valence-electron chi connectivity index (χ1n) is 6.57. The summed E-state index contributed by atoms with van der Waals surface area (Å²) in [5.74, 6) is 0.660. The molecule has 0 bridgehead atoms. The van der Waals surface area contributed by atoms with Crippen LogP contribution in [-0.2, 0) is 6.42 Å². The van der Waals surface area contributed by atoms with Crippen molar-refractivity contribution in [3.8, 4) is 6.07 Å². The maximum Gasteiger partial charge on any atom is 0.143 e. The number of aromatic nitrogens is 1. The van der Waals surface area contributed by atoms with Crippen LogP contribution in [0.5, 0.6) is 0 Å². The molecule has 0 radical (unpaired) electrons. The average Bonchev–Trinajstić information content (AvgIpc) is 2.52. The summed E-state index contributed by atoms with van der Waals surface area (Å²) in [6.07, 6.45) is 2.44. The maximum atomic E-state index is 9.47. The molecular weight excluding hydrogens is 250 g/mol. The highest BCUT2D eigenvalue weighted by Gasteiger charge is 2.10. The van der Waals surface area contributed by atoms with Crippen molar-refractivity contribution < 1.29 is 5.11 Å². The number of aliphatic hydroxyl groups is 1. The van der Waals surface area contributed by atoms with Gasteiger partial charge in [0.25, 0.3) is 0 Å². The first kappa shape index (κ1) is 14.0. The van der Waals surface area contributed by atoms with Gasteiger partial charge in [-0.25, -0.2) is 4.98 Å². The van der Waals surface area contributed by atoms with Gasteiger partial charge in [-0.3, -0.25) is 0 Å². The molecule has 102 valence electrons. The summed E-state index contributed by atoms with van der Waals surface area (Å²) in [5.41, 5.74) is 1.71. The van der Waals surface area contributed by atoms with Gasteiger partial charge in [0, 0.05) is 25.3 Å². The van der Waals surface area contributed by atoms with Crippen LogP contribution in [0.15, 0.2) is 48.7 Å². The van der Waals surface area contributed by atoms with E-state index in [9.17, 15) is 5.11 Å². The third kappa shape index (κ3) is 3.81. The maximum absolute atomic E-state index is 9.47. The minimum absolute atomic E-state index is 0.0888. The summed E-state index contributed by atoms with van der Waals surface area (Å²) >= 11 is 0. The van der Waals surface area contributed by atoms with Gasteiger partial charge in [-0.15, -0.1) is 0 Å². The predicted molar refractivity (Wildman–Crippen MR) is 78.2 cm³/mol. The Morgan fingerprint density at radius 1 is 1.20 bits per heavy atom. The van der Waals surface area contributed by atoms with E-state index in [1.807, 2.05) is 30.3 Å². The molecule has 0 unspecified atom stereocenters. The van der Waals surface area contributed by atoms with E-state index in [1.165, 1.54) is 5.56 Å². The van der Waals surface area contributed by atoms with E-state index >= 15 is 0 Å². The summed E-state index contributed by atoms with van der Waals surface area (Å²) in [6, 6.07) is 15.6. The van der Waals surface area contributed by atoms with Crippen LogP contribution in [0.1, 0.15) is 11.1 Å². The van der Waals surface area contributed by atoms with E-state index in [1.54, 1.807) is 18.3 Å². The van der Waals surface area contributed by atoms with Crippen LogP contribution in [0.2, 0.25) is 0 Å². The van der Waals surface area contributed by atoms with E-state index in [4.69, 9.17) is 5.26 Å². The average molecular weight is 267 g/mol. The standard InChI is InChI=1S/C16H17N3O/c17-10-15-7-4-8-18-16(15)19-11-14(12-20)9-13-5-2-1-3-6-13/h1-8,14,20H,9,11-12H2,(H,18,19)/t14-/m1/s1. The first-order valence-corrected chi connectivity index (χ1v) is 6.57. The van der Waals surface area contributed by atoms with E-state index in [0.29, 0.717) is 17.9 Å². The molecule has 4 nitrogen and oxygen atoms in total. The highest BCUT2D eigenvalue weighted by Crippen LogP contribution is 2.13. The van der Waals surface area contributed by atoms with E-state index in [0.717, 1.165) is 6.42 Å². The van der Waals surface area contributed by atoms with Crippen LogP contribution in [-0.4, -0.2) is 23.2 Å². The fourth-order valence-electron chi connectivity index (χ4n) is 2.03. The second-order valence-electron chi connectivity index (χ2n) is 4.63. The van der Waals surface area contributed by atoms with E-state index in [-0.39, 0.29) is 12.5 Å². The molecule has 4 heteroatoms. The van der Waals surface area contributed by atoms with E-state index in [2.05, 4.69) is 16.4 Å². The second-order valence-corrected chi connectivity index (χ2v) is 4.63. The Kier molecular flexibility index (Phi) is 5.10. The number of aliphatic hydroxyl groups excluding tert-OH is 1. The molecule has 0 fully saturated rings. The van der Waals surface area contributed by atoms with Crippen molar-refractivity contribution in [2.24, 2.45) is 5.92 Å². The Labute approximate surface area is 118 Å². The van der Waals surface area contributed by atoms with Gasteiger partial charge in [-0.1, -0.05) is 30.3 Å². The third-order valence-electron chi connectivity index (χ3n) is 3.11. The molecule has 0 aliphatic rings. The molecule has 0 spiro atoms. The monoisotopic (exact) mass is 267 g/mol. The van der Waals surface area contributed by atoms with E-state index < -0.39 is 0 Å². The number of hydrogen-bond donors (Lipinski definition) is 2. The molecule has 1 aromatic heterocycles. The van der Waals surface area contributed by atoms with Gasteiger partial charge in [0.15, 0.2) is 0 Å². The van der Waals surface area contributed by atoms with Crippen LogP contribution in [0.25, 0.3) is 0 Å². The number of rotatable bonds is 6. The Morgan fingerprint density at radius 3 is 2.70 bits per heavy atom. The molecule has 0 aliphatic carbocycles. The zero-order valence-electron chi connectivity index (χ0n) is 11.2. The van der Waals surface area contributed by atoms with Crippen molar-refractivity contribution in [1.82, 2.24) is 4.98 Å². The molecule has 2 rings (SSSR count). The largest absolute Gasteiger partial charge is 0.396 e. The van der Waals surface area contributed by atoms with Crippen molar-refractivity contribution in [1.29, 1.82) is 5.26 Å². The molecule has 1 heterocycles. The first-order chi connectivity index (χ1) is 9.83. The molecule has 0 saturated carbocycles. The molecule has 0 amide bonds. The third-order valence-corrected chi connectivity index (χ3v) is 3.11. The molecule has 1 aromatic carbocycles. The SMILES string of the molecule is N#Cc1cccnc1NC[C@H](CO)Cc1ccccc1. The summed E-state index contributed by atoms with van der Waals surface area (Å²) in [6.45, 7) is 0.674. The number of benzene rings is 1. The zero-order chi connectivity index (χ0) is 14.2. The van der Waals surface area contributed by atoms with Gasteiger partial charge in [-0.05, 0) is 24.1 Å². The van der Waals surface area contributed by atoms with Crippen LogP contribution in [0.3, 0.4) is 0 Å². The summed E-state index contributed by atoms with van der Waals surface area (Å²) < 4.78 is 0. The van der Waals surface area contributed by atoms with Gasteiger partial charge in [0.1, 0.15) is 11.9 Å². The van der Waals surface area contributed by atoms with Crippen molar-refractivity contribution >= 4 is 5.82 Å². The lowest BCUT2D eigenvalue weighted by atomic mass is 10.00. The summed E-state index contributed by atoms with van der Waals surface area (Å²) in [5, 5.41) is 21.6. The molecule has 2 aromatic rings. The van der Waals surface area contributed by atoms with Crippen LogP contribution >= 0.6 is 0 Å². The van der Waals surface area contributed by atoms with Crippen molar-refractivity contribution in [2.45, 2.75) is 6.42 Å². The highest BCUT2D eigenvalue weighted by molar-refractivity contribution is 5.51. The number of pyridine rings is 1. The Bertz CT molecular complexity index is 578. The Hall–Kier alpha value is -2.38. The number of nitrogens with one attached hydrogen (secondary N) is 1. The molecule has 0 aliphatic heterocycles. The Morgan fingerprint density at radius 2 is 2.00 bits per heavy atom. The lowest BCUT2D eigenvalue weighted by molar-refractivity contribution is 0.232. The molecular formula is C16H17N3O. The Balaban J connectivity index is 1.96. The predicted octanol–water partition coefficient (Wildman–Crippen LogP) is 2.22. The number of hydrogen-bond acceptors (Lipinski definition) is 4. The van der Waals surface area contributed by atoms with Gasteiger partial charge < -0.3 is 10.4 Å². The van der Waals surface area contributed by atoms with Gasteiger partial charge in [0.2, 0.25) is 0 Å². The lowest BCUT2D eigenvalue weighted by Crippen LogP contribution is -2.21. The van der Waals surface area contributed by atoms with Gasteiger partial charge in [-0.2, -0.15) is 5.26 Å². The molecule has 20 heavy (non-hydrogen) atoms. The second kappa shape index (κ2) is 7.27. The van der Waals surface area contributed by atoms with Crippen LogP contribution in [0, 0.1) is 17.2 Å². The topological polar surface area (TPSA) is 68.9 Å². The fourth-order valence-corrected chi connectivity index (χ4v) is 2.03. The quantitative estimate of drug-likeness (QED) is 0.842. The summed E-state index contributed by atoms with van der Waals surface area (Å²) in [7, 11) is 0. The van der Waals surface area contributed by atoms with Crippen LogP contribution < -0.4 is 5.32 Å². The smallest absolute Gasteiger partial charge is 0.143 e. The molecule has 0 saturated heterocycles. The van der Waals surface area contributed by atoms with Crippen LogP contribution in [0.4, 0.5) is 5.82 Å². The van der Waals surface area contributed by atoms with Gasteiger partial charge >= 0.3 is 0 Å². The number of anilines is 1. The van der Waals surface area contributed by atoms with Crippen molar-refractivity contribution in [2.75, 3.05) is 18.5 Å². The number of nitriles is 1. The van der Waals surface area contributed by atoms with Crippen molar-refractivity contribution in [3.05, 3.63) is 59.8 Å². The zero-order valence-corrected chi connectivity index (χ0v) is 11.2. The van der Waals surface area contributed by atoms with Crippen molar-refractivity contribution in [3.63, 3.8) is 0 Å².